The Morgan fingerprint density at radius 3 is 1.43 bits per heavy atom. The summed E-state index contributed by atoms with van der Waals surface area (Å²) in [5, 5.41) is 26.0. The third-order valence-electron chi connectivity index (χ3n) is 2.59. The minimum absolute atomic E-state index is 0.00201. The highest BCUT2D eigenvalue weighted by molar-refractivity contribution is 6.29. The van der Waals surface area contributed by atoms with Gasteiger partial charge in [-0.1, -0.05) is 32.2 Å². The first kappa shape index (κ1) is 21.6. The molecular formula is C14H24O7. The predicted octanol–water partition coefficient (Wildman–Crippen LogP) is -0.196. The number of ether oxygens (including phenoxy) is 2. The van der Waals surface area contributed by atoms with Crippen LogP contribution >= 0.6 is 0 Å². The van der Waals surface area contributed by atoms with Crippen molar-refractivity contribution in [1.82, 2.24) is 0 Å². The fourth-order valence-corrected chi connectivity index (χ4v) is 0.872. The second-order valence-electron chi connectivity index (χ2n) is 4.10. The fraction of sp³-hybridized carbons (Fsp3) is 0.571. The molecule has 0 radical (unpaired) electrons. The van der Waals surface area contributed by atoms with E-state index < -0.39 is 17.4 Å². The van der Waals surface area contributed by atoms with E-state index in [1.165, 1.54) is 12.2 Å². The van der Waals surface area contributed by atoms with E-state index in [0.717, 1.165) is 0 Å². The molecule has 0 saturated carbocycles. The first-order valence-corrected chi connectivity index (χ1v) is 6.35. The van der Waals surface area contributed by atoms with Gasteiger partial charge in [0.25, 0.3) is 0 Å². The summed E-state index contributed by atoms with van der Waals surface area (Å²) >= 11 is 0. The zero-order valence-corrected chi connectivity index (χ0v) is 12.3. The zero-order chi connectivity index (χ0) is 16.7. The summed E-state index contributed by atoms with van der Waals surface area (Å²) in [4.78, 5) is 21.3. The van der Waals surface area contributed by atoms with Gasteiger partial charge in [0.05, 0.1) is 19.8 Å². The number of hydrogen-bond acceptors (Lipinski definition) is 7. The molecule has 0 aromatic rings. The lowest BCUT2D eigenvalue weighted by atomic mass is 9.88. The molecule has 7 heteroatoms. The normalized spacial score (nSPS) is 9.90. The van der Waals surface area contributed by atoms with Crippen LogP contribution in [0, 0.1) is 5.41 Å². The summed E-state index contributed by atoms with van der Waals surface area (Å²) in [5.41, 5.74) is -0.667. The number of esters is 2. The van der Waals surface area contributed by atoms with Crippen molar-refractivity contribution in [2.45, 2.75) is 13.3 Å². The summed E-state index contributed by atoms with van der Waals surface area (Å²) in [5.74, 6) is -2.03. The largest absolute Gasteiger partial charge is 0.453 e. The second-order valence-corrected chi connectivity index (χ2v) is 4.10. The van der Waals surface area contributed by atoms with Crippen molar-refractivity contribution in [3.05, 3.63) is 25.3 Å². The van der Waals surface area contributed by atoms with Gasteiger partial charge in [0, 0.05) is 5.41 Å². The topological polar surface area (TPSA) is 113 Å². The highest BCUT2D eigenvalue weighted by Crippen LogP contribution is 2.18. The van der Waals surface area contributed by atoms with E-state index in [1.54, 1.807) is 0 Å². The Bertz CT molecular complexity index is 282. The van der Waals surface area contributed by atoms with Gasteiger partial charge in [-0.2, -0.15) is 0 Å². The Labute approximate surface area is 124 Å². The Morgan fingerprint density at radius 1 is 0.952 bits per heavy atom. The van der Waals surface area contributed by atoms with Crippen LogP contribution in [0.25, 0.3) is 0 Å². The maximum absolute atomic E-state index is 10.6. The van der Waals surface area contributed by atoms with E-state index in [1.807, 2.05) is 6.92 Å². The quantitative estimate of drug-likeness (QED) is 0.323. The molecule has 0 saturated heterocycles. The summed E-state index contributed by atoms with van der Waals surface area (Å²) < 4.78 is 8.77. The van der Waals surface area contributed by atoms with Crippen LogP contribution in [-0.2, 0) is 19.1 Å². The van der Waals surface area contributed by atoms with Crippen LogP contribution in [0.2, 0.25) is 0 Å². The lowest BCUT2D eigenvalue weighted by molar-refractivity contribution is -0.166. The molecule has 0 aromatic carbocycles. The number of rotatable bonds is 8. The van der Waals surface area contributed by atoms with Crippen molar-refractivity contribution in [2.24, 2.45) is 5.41 Å². The molecule has 122 valence electrons. The molecular weight excluding hydrogens is 280 g/mol. The van der Waals surface area contributed by atoms with Crippen molar-refractivity contribution in [3.8, 4) is 0 Å². The zero-order valence-electron chi connectivity index (χ0n) is 12.3. The van der Waals surface area contributed by atoms with E-state index in [0.29, 0.717) is 6.42 Å². The summed E-state index contributed by atoms with van der Waals surface area (Å²) in [7, 11) is 0. The first-order valence-electron chi connectivity index (χ1n) is 6.35. The lowest BCUT2D eigenvalue weighted by Gasteiger charge is -2.24. The standard InChI is InChI=1S/C8H10O4.C6H14O3/c1-3-5-11-7(9)8(10)12-6-4-2;1-2-6(3-7,4-8)5-9/h3-4H,1-2,5-6H2;7-9H,2-5H2,1H3. The molecule has 21 heavy (non-hydrogen) atoms. The van der Waals surface area contributed by atoms with Gasteiger partial charge in [-0.05, 0) is 6.42 Å². The van der Waals surface area contributed by atoms with Crippen LogP contribution in [0.3, 0.4) is 0 Å². The van der Waals surface area contributed by atoms with Crippen molar-refractivity contribution >= 4 is 11.9 Å². The minimum atomic E-state index is -1.02. The van der Waals surface area contributed by atoms with E-state index >= 15 is 0 Å². The van der Waals surface area contributed by atoms with Crippen LogP contribution in [0.4, 0.5) is 0 Å². The number of carbonyl (C=O) groups is 2. The molecule has 0 aliphatic rings. The fourth-order valence-electron chi connectivity index (χ4n) is 0.872. The number of aliphatic hydroxyl groups excluding tert-OH is 3. The van der Waals surface area contributed by atoms with Crippen molar-refractivity contribution in [1.29, 1.82) is 0 Å². The van der Waals surface area contributed by atoms with Gasteiger partial charge in [0.15, 0.2) is 0 Å². The molecule has 0 atom stereocenters. The van der Waals surface area contributed by atoms with Crippen LogP contribution in [0.1, 0.15) is 13.3 Å². The molecule has 0 rings (SSSR count). The van der Waals surface area contributed by atoms with Crippen LogP contribution in [0.5, 0.6) is 0 Å². The van der Waals surface area contributed by atoms with Crippen LogP contribution < -0.4 is 0 Å². The van der Waals surface area contributed by atoms with E-state index in [9.17, 15) is 9.59 Å². The Hall–Kier alpha value is -1.70. The van der Waals surface area contributed by atoms with Crippen LogP contribution in [-0.4, -0.2) is 60.3 Å². The minimum Gasteiger partial charge on any atom is -0.453 e. The maximum atomic E-state index is 10.6. The first-order chi connectivity index (χ1) is 9.96. The number of aliphatic hydroxyl groups is 3. The smallest absolute Gasteiger partial charge is 0.417 e. The van der Waals surface area contributed by atoms with Gasteiger partial charge < -0.3 is 24.8 Å². The van der Waals surface area contributed by atoms with Gasteiger partial charge in [-0.25, -0.2) is 9.59 Å². The molecule has 0 amide bonds. The molecule has 0 fully saturated rings. The highest BCUT2D eigenvalue weighted by atomic mass is 16.6. The Balaban J connectivity index is 0. The Kier molecular flexibility index (Phi) is 13.7. The Morgan fingerprint density at radius 2 is 1.29 bits per heavy atom. The number of carbonyl (C=O) groups excluding carboxylic acids is 2. The highest BCUT2D eigenvalue weighted by Gasteiger charge is 2.24. The molecule has 0 bridgehead atoms. The van der Waals surface area contributed by atoms with Crippen LogP contribution in [0.15, 0.2) is 25.3 Å². The SMILES string of the molecule is C=CCOC(=O)C(=O)OCC=C.CCC(CO)(CO)CO. The lowest BCUT2D eigenvalue weighted by Crippen LogP contribution is -2.32. The third kappa shape index (κ3) is 9.78. The van der Waals surface area contributed by atoms with Gasteiger partial charge in [0.1, 0.15) is 13.2 Å². The third-order valence-corrected chi connectivity index (χ3v) is 2.59. The molecule has 7 nitrogen and oxygen atoms in total. The predicted molar refractivity (Wildman–Crippen MR) is 76.3 cm³/mol. The average molecular weight is 304 g/mol. The molecule has 0 aliphatic heterocycles. The molecule has 0 heterocycles. The van der Waals surface area contributed by atoms with Crippen molar-refractivity contribution < 1.29 is 34.4 Å². The summed E-state index contributed by atoms with van der Waals surface area (Å²) in [6, 6.07) is 0. The van der Waals surface area contributed by atoms with E-state index in [4.69, 9.17) is 15.3 Å². The second kappa shape index (κ2) is 13.3. The van der Waals surface area contributed by atoms with Gasteiger partial charge in [-0.3, -0.25) is 0 Å². The summed E-state index contributed by atoms with van der Waals surface area (Å²) in [6.45, 7) is 7.97. The van der Waals surface area contributed by atoms with Crippen molar-refractivity contribution in [3.63, 3.8) is 0 Å². The van der Waals surface area contributed by atoms with E-state index in [-0.39, 0.29) is 33.0 Å². The molecule has 0 aliphatic carbocycles. The molecule has 0 spiro atoms. The van der Waals surface area contributed by atoms with Gasteiger partial charge in [0.2, 0.25) is 0 Å². The summed E-state index contributed by atoms with van der Waals surface area (Å²) in [6.07, 6.45) is 3.31. The maximum Gasteiger partial charge on any atom is 0.417 e. The van der Waals surface area contributed by atoms with Crippen molar-refractivity contribution in [2.75, 3.05) is 33.0 Å². The monoisotopic (exact) mass is 304 g/mol. The molecule has 3 N–H and O–H groups in total. The molecule has 0 aromatic heterocycles. The van der Waals surface area contributed by atoms with Gasteiger partial charge >= 0.3 is 11.9 Å². The number of hydrogen-bond donors (Lipinski definition) is 3. The van der Waals surface area contributed by atoms with E-state index in [2.05, 4.69) is 22.6 Å². The molecule has 0 unspecified atom stereocenters. The van der Waals surface area contributed by atoms with Gasteiger partial charge in [-0.15, -0.1) is 0 Å². The average Bonchev–Trinajstić information content (AvgIpc) is 2.53.